The molecule has 0 aromatic heterocycles. The molecule has 0 spiro atoms. The summed E-state index contributed by atoms with van der Waals surface area (Å²) in [6.45, 7) is 0.877. The average Bonchev–Trinajstić information content (AvgIpc) is 2.91. The van der Waals surface area contributed by atoms with E-state index in [2.05, 4.69) is 10.6 Å². The molecule has 0 aliphatic heterocycles. The third-order valence-corrected chi connectivity index (χ3v) is 4.95. The number of hydrogen-bond donors (Lipinski definition) is 2. The van der Waals surface area contributed by atoms with Crippen molar-refractivity contribution in [1.29, 1.82) is 0 Å². The largest absolute Gasteiger partial charge is 0.484 e. The summed E-state index contributed by atoms with van der Waals surface area (Å²) in [5.41, 5.74) is -0.102. The van der Waals surface area contributed by atoms with Crippen LogP contribution in [-0.2, 0) is 25.2 Å². The molecule has 12 heteroatoms. The van der Waals surface area contributed by atoms with Gasteiger partial charge in [0.05, 0.1) is 23.3 Å². The van der Waals surface area contributed by atoms with Crippen LogP contribution in [0.1, 0.15) is 33.2 Å². The molecule has 204 valence electrons. The fourth-order valence-electron chi connectivity index (χ4n) is 3.12. The summed E-state index contributed by atoms with van der Waals surface area (Å²) in [4.78, 5) is 48.0. The van der Waals surface area contributed by atoms with Crippen molar-refractivity contribution < 1.29 is 46.6 Å². The molecular weight excluding hydrogens is 521 g/mol. The minimum Gasteiger partial charge on any atom is -0.484 e. The summed E-state index contributed by atoms with van der Waals surface area (Å²) in [7, 11) is 0. The van der Waals surface area contributed by atoms with Crippen molar-refractivity contribution in [2.45, 2.75) is 13.1 Å². The summed E-state index contributed by atoms with van der Waals surface area (Å²) in [5, 5.41) is 4.84. The zero-order chi connectivity index (χ0) is 28.4. The number of rotatable bonds is 10. The second-order valence-electron chi connectivity index (χ2n) is 7.86. The number of carbonyl (C=O) groups excluding carboxylic acids is 4. The van der Waals surface area contributed by atoms with E-state index < -0.39 is 48.7 Å². The number of nitrogens with one attached hydrogen (secondary N) is 2. The van der Waals surface area contributed by atoms with Gasteiger partial charge in [-0.15, -0.1) is 0 Å². The van der Waals surface area contributed by atoms with Crippen molar-refractivity contribution in [3.63, 3.8) is 0 Å². The predicted octanol–water partition coefficient (Wildman–Crippen LogP) is 4.70. The lowest BCUT2D eigenvalue weighted by atomic mass is 10.2. The molecule has 0 bridgehead atoms. The van der Waals surface area contributed by atoms with Gasteiger partial charge in [0.15, 0.2) is 13.2 Å². The molecule has 0 atom stereocenters. The van der Waals surface area contributed by atoms with Gasteiger partial charge < -0.3 is 24.8 Å². The highest BCUT2D eigenvalue weighted by Crippen LogP contribution is 2.30. The number of amides is 2. The van der Waals surface area contributed by atoms with E-state index in [1.165, 1.54) is 60.7 Å². The molecule has 39 heavy (non-hydrogen) atoms. The highest BCUT2D eigenvalue weighted by atomic mass is 19.4. The van der Waals surface area contributed by atoms with Gasteiger partial charge in [-0.1, -0.05) is 6.07 Å². The first-order chi connectivity index (χ1) is 18.5. The minimum atomic E-state index is -4.54. The van der Waals surface area contributed by atoms with Gasteiger partial charge in [0.1, 0.15) is 5.75 Å². The first-order valence-electron chi connectivity index (χ1n) is 11.5. The van der Waals surface area contributed by atoms with Crippen LogP contribution in [-0.4, -0.2) is 43.6 Å². The van der Waals surface area contributed by atoms with E-state index in [0.29, 0.717) is 11.3 Å². The quantitative estimate of drug-likeness (QED) is 0.355. The number of carbonyl (C=O) groups is 4. The number of ether oxygens (including phenoxy) is 3. The lowest BCUT2D eigenvalue weighted by Gasteiger charge is -2.11. The number of anilines is 2. The molecule has 3 aromatic rings. The second kappa shape index (κ2) is 13.1. The Kier molecular flexibility index (Phi) is 9.63. The van der Waals surface area contributed by atoms with Gasteiger partial charge in [-0.25, -0.2) is 9.59 Å². The zero-order valence-electron chi connectivity index (χ0n) is 20.5. The van der Waals surface area contributed by atoms with Gasteiger partial charge in [0.2, 0.25) is 0 Å². The smallest absolute Gasteiger partial charge is 0.416 e. The molecule has 3 aromatic carbocycles. The van der Waals surface area contributed by atoms with Crippen LogP contribution in [0.25, 0.3) is 0 Å². The molecule has 0 unspecified atom stereocenters. The molecule has 2 amide bonds. The van der Waals surface area contributed by atoms with Gasteiger partial charge >= 0.3 is 18.1 Å². The Labute approximate surface area is 220 Å². The van der Waals surface area contributed by atoms with Crippen LogP contribution in [0.4, 0.5) is 24.5 Å². The van der Waals surface area contributed by atoms with Gasteiger partial charge in [0, 0.05) is 11.4 Å². The van der Waals surface area contributed by atoms with E-state index in [1.807, 2.05) is 0 Å². The van der Waals surface area contributed by atoms with E-state index in [1.54, 1.807) is 6.92 Å². The van der Waals surface area contributed by atoms with Crippen LogP contribution in [0.3, 0.4) is 0 Å². The summed E-state index contributed by atoms with van der Waals surface area (Å²) >= 11 is 0. The van der Waals surface area contributed by atoms with Crippen LogP contribution < -0.4 is 15.4 Å². The Morgan fingerprint density at radius 2 is 1.28 bits per heavy atom. The number of halogens is 3. The van der Waals surface area contributed by atoms with Crippen molar-refractivity contribution in [2.24, 2.45) is 0 Å². The standard InChI is InChI=1S/C27H23F3N2O7/c1-2-37-25(35)17-6-10-20(11-7-17)31-24(34)16-39-26(36)18-8-12-22(13-9-18)38-15-23(33)32-21-5-3-4-19(14-21)27(28,29)30/h3-14H,2,15-16H2,1H3,(H,31,34)(H,32,33). The highest BCUT2D eigenvalue weighted by molar-refractivity contribution is 5.96. The van der Waals surface area contributed by atoms with Crippen molar-refractivity contribution in [2.75, 3.05) is 30.5 Å². The van der Waals surface area contributed by atoms with E-state index in [0.717, 1.165) is 12.1 Å². The first kappa shape index (κ1) is 28.7. The normalized spacial score (nSPS) is 10.8. The molecule has 9 nitrogen and oxygen atoms in total. The molecule has 0 saturated heterocycles. The SMILES string of the molecule is CCOC(=O)c1ccc(NC(=O)COC(=O)c2ccc(OCC(=O)Nc3cccc(C(F)(F)F)c3)cc2)cc1. The third kappa shape index (κ3) is 8.88. The van der Waals surface area contributed by atoms with Crippen molar-refractivity contribution >= 4 is 35.1 Å². The number of hydrogen-bond acceptors (Lipinski definition) is 7. The topological polar surface area (TPSA) is 120 Å². The molecule has 0 aliphatic rings. The molecule has 2 N–H and O–H groups in total. The highest BCUT2D eigenvalue weighted by Gasteiger charge is 2.30. The molecule has 0 aliphatic carbocycles. The zero-order valence-corrected chi connectivity index (χ0v) is 20.5. The van der Waals surface area contributed by atoms with Gasteiger partial charge in [0.25, 0.3) is 11.8 Å². The monoisotopic (exact) mass is 544 g/mol. The van der Waals surface area contributed by atoms with Crippen LogP contribution in [0.5, 0.6) is 5.75 Å². The fraction of sp³-hybridized carbons (Fsp3) is 0.185. The average molecular weight is 544 g/mol. The summed E-state index contributed by atoms with van der Waals surface area (Å²) in [5.74, 6) is -2.33. The van der Waals surface area contributed by atoms with Gasteiger partial charge in [-0.05, 0) is 73.7 Å². The minimum absolute atomic E-state index is 0.0331. The molecule has 0 saturated carbocycles. The van der Waals surface area contributed by atoms with Crippen LogP contribution in [0, 0.1) is 0 Å². The van der Waals surface area contributed by atoms with E-state index in [9.17, 15) is 32.3 Å². The second-order valence-corrected chi connectivity index (χ2v) is 7.86. The van der Waals surface area contributed by atoms with Gasteiger partial charge in [-0.2, -0.15) is 13.2 Å². The predicted molar refractivity (Wildman–Crippen MR) is 133 cm³/mol. The van der Waals surface area contributed by atoms with Crippen molar-refractivity contribution in [1.82, 2.24) is 0 Å². The number of esters is 2. The molecule has 0 radical (unpaired) electrons. The fourth-order valence-corrected chi connectivity index (χ4v) is 3.12. The van der Waals surface area contributed by atoms with E-state index in [4.69, 9.17) is 14.2 Å². The Morgan fingerprint density at radius 3 is 1.90 bits per heavy atom. The maximum Gasteiger partial charge on any atom is 0.416 e. The molecule has 0 heterocycles. The molecule has 3 rings (SSSR count). The lowest BCUT2D eigenvalue weighted by molar-refractivity contribution is -0.137. The third-order valence-electron chi connectivity index (χ3n) is 4.95. The van der Waals surface area contributed by atoms with Crippen LogP contribution >= 0.6 is 0 Å². The Hall–Kier alpha value is -4.87. The van der Waals surface area contributed by atoms with E-state index in [-0.39, 0.29) is 23.6 Å². The summed E-state index contributed by atoms with van der Waals surface area (Å²) < 4.78 is 53.5. The molecular formula is C27H23F3N2O7. The molecule has 0 fully saturated rings. The summed E-state index contributed by atoms with van der Waals surface area (Å²) in [6, 6.07) is 15.6. The summed E-state index contributed by atoms with van der Waals surface area (Å²) in [6.07, 6.45) is -4.54. The first-order valence-corrected chi connectivity index (χ1v) is 11.5. The maximum absolute atomic E-state index is 12.8. The van der Waals surface area contributed by atoms with Crippen molar-refractivity contribution in [3.05, 3.63) is 89.5 Å². The Morgan fingerprint density at radius 1 is 0.718 bits per heavy atom. The van der Waals surface area contributed by atoms with Crippen molar-refractivity contribution in [3.8, 4) is 5.75 Å². The number of benzene rings is 3. The van der Waals surface area contributed by atoms with Gasteiger partial charge in [-0.3, -0.25) is 9.59 Å². The number of alkyl halides is 3. The lowest BCUT2D eigenvalue weighted by Crippen LogP contribution is -2.21. The van der Waals surface area contributed by atoms with Crippen LogP contribution in [0.15, 0.2) is 72.8 Å². The maximum atomic E-state index is 12.8. The van der Waals surface area contributed by atoms with E-state index >= 15 is 0 Å². The Balaban J connectivity index is 1.43. The Bertz CT molecular complexity index is 1320. The van der Waals surface area contributed by atoms with Crippen LogP contribution in [0.2, 0.25) is 0 Å².